The summed E-state index contributed by atoms with van der Waals surface area (Å²) < 4.78 is 11.4. The van der Waals surface area contributed by atoms with Crippen LogP contribution < -0.4 is 4.74 Å². The molecule has 0 bridgehead atoms. The number of aromatic carboxylic acids is 1. The van der Waals surface area contributed by atoms with Gasteiger partial charge in [-0.05, 0) is 50.8 Å². The topological polar surface area (TPSA) is 59.7 Å². The number of rotatable bonds is 3. The van der Waals surface area contributed by atoms with Crippen LogP contribution >= 0.6 is 0 Å². The number of fused-ring (bicyclic) bond motifs is 1. The summed E-state index contributed by atoms with van der Waals surface area (Å²) >= 11 is 0. The summed E-state index contributed by atoms with van der Waals surface area (Å²) in [5.41, 5.74) is 0.824. The molecule has 3 rings (SSSR count). The van der Waals surface area contributed by atoms with E-state index in [1.807, 2.05) is 6.07 Å². The van der Waals surface area contributed by atoms with Crippen molar-refractivity contribution in [1.29, 1.82) is 0 Å². The van der Waals surface area contributed by atoms with Gasteiger partial charge in [-0.3, -0.25) is 0 Å². The second kappa shape index (κ2) is 5.19. The quantitative estimate of drug-likeness (QED) is 0.913. The summed E-state index contributed by atoms with van der Waals surface area (Å²) in [4.78, 5) is 11.3. The van der Waals surface area contributed by atoms with Crippen LogP contribution in [0.1, 0.15) is 48.2 Å². The van der Waals surface area contributed by atoms with Crippen LogP contribution in [0.5, 0.6) is 5.75 Å². The Morgan fingerprint density at radius 2 is 2.05 bits per heavy atom. The lowest BCUT2D eigenvalue weighted by molar-refractivity contribution is 0.0697. The smallest absolute Gasteiger partial charge is 0.339 e. The lowest BCUT2D eigenvalue weighted by atomic mass is 9.98. The van der Waals surface area contributed by atoms with E-state index in [9.17, 15) is 9.90 Å². The molecule has 20 heavy (non-hydrogen) atoms. The van der Waals surface area contributed by atoms with Crippen LogP contribution in [0, 0.1) is 6.92 Å². The molecule has 106 valence electrons. The molecular weight excluding hydrogens is 256 g/mol. The Morgan fingerprint density at radius 3 is 2.75 bits per heavy atom. The third-order valence-electron chi connectivity index (χ3n) is 3.90. The van der Waals surface area contributed by atoms with Crippen molar-refractivity contribution in [2.24, 2.45) is 0 Å². The number of carboxylic acid groups (broad SMARTS) is 1. The molecule has 0 amide bonds. The van der Waals surface area contributed by atoms with Gasteiger partial charge in [0.15, 0.2) is 0 Å². The molecule has 1 aliphatic rings. The first-order chi connectivity index (χ1) is 9.65. The molecule has 1 N–H and O–H groups in total. The van der Waals surface area contributed by atoms with Gasteiger partial charge in [-0.25, -0.2) is 4.79 Å². The number of carbonyl (C=O) groups is 1. The SMILES string of the molecule is Cc1oc2ccc(OC3CCCCC3)cc2c1C(=O)O. The minimum Gasteiger partial charge on any atom is -0.490 e. The van der Waals surface area contributed by atoms with Gasteiger partial charge in [-0.1, -0.05) is 6.42 Å². The van der Waals surface area contributed by atoms with Crippen LogP contribution in [0.3, 0.4) is 0 Å². The van der Waals surface area contributed by atoms with E-state index in [1.165, 1.54) is 19.3 Å². The summed E-state index contributed by atoms with van der Waals surface area (Å²) in [5.74, 6) is 0.200. The monoisotopic (exact) mass is 274 g/mol. The van der Waals surface area contributed by atoms with Crippen molar-refractivity contribution in [2.75, 3.05) is 0 Å². The number of aryl methyl sites for hydroxylation is 1. The summed E-state index contributed by atoms with van der Waals surface area (Å²) in [6.07, 6.45) is 6.10. The van der Waals surface area contributed by atoms with E-state index < -0.39 is 5.97 Å². The Kier molecular flexibility index (Phi) is 3.38. The number of benzene rings is 1. The maximum Gasteiger partial charge on any atom is 0.339 e. The second-order valence-corrected chi connectivity index (χ2v) is 5.37. The Morgan fingerprint density at radius 1 is 1.30 bits per heavy atom. The van der Waals surface area contributed by atoms with Crippen LogP contribution in [-0.2, 0) is 0 Å². The molecule has 1 aromatic heterocycles. The molecule has 4 nitrogen and oxygen atoms in total. The van der Waals surface area contributed by atoms with Gasteiger partial charge in [-0.15, -0.1) is 0 Å². The average molecular weight is 274 g/mol. The third kappa shape index (κ3) is 2.38. The summed E-state index contributed by atoms with van der Waals surface area (Å²) in [6, 6.07) is 5.42. The fraction of sp³-hybridized carbons (Fsp3) is 0.438. The largest absolute Gasteiger partial charge is 0.490 e. The van der Waals surface area contributed by atoms with E-state index in [0.717, 1.165) is 18.6 Å². The van der Waals surface area contributed by atoms with Gasteiger partial charge in [0.25, 0.3) is 0 Å². The molecule has 1 fully saturated rings. The van der Waals surface area contributed by atoms with Crippen LogP contribution in [0.15, 0.2) is 22.6 Å². The molecule has 1 saturated carbocycles. The Bertz CT molecular complexity index is 635. The van der Waals surface area contributed by atoms with Crippen LogP contribution in [-0.4, -0.2) is 17.2 Å². The fourth-order valence-electron chi connectivity index (χ4n) is 2.91. The highest BCUT2D eigenvalue weighted by Crippen LogP contribution is 2.31. The molecule has 1 heterocycles. The van der Waals surface area contributed by atoms with Crippen LogP contribution in [0.2, 0.25) is 0 Å². The molecule has 0 atom stereocenters. The van der Waals surface area contributed by atoms with Crippen LogP contribution in [0.4, 0.5) is 0 Å². The minimum atomic E-state index is -0.962. The van der Waals surface area contributed by atoms with Gasteiger partial charge >= 0.3 is 5.97 Å². The molecule has 0 spiro atoms. The number of ether oxygens (including phenoxy) is 1. The van der Waals surface area contributed by atoms with E-state index >= 15 is 0 Å². The standard InChI is InChI=1S/C16H18O4/c1-10-15(16(17)18)13-9-12(7-8-14(13)19-10)20-11-5-3-2-4-6-11/h7-9,11H,2-6H2,1H3,(H,17,18). The predicted octanol–water partition coefficient (Wildman–Crippen LogP) is 4.15. The molecule has 0 aliphatic heterocycles. The molecule has 2 aromatic rings. The van der Waals surface area contributed by atoms with E-state index in [1.54, 1.807) is 19.1 Å². The first kappa shape index (κ1) is 13.0. The van der Waals surface area contributed by atoms with Gasteiger partial charge in [-0.2, -0.15) is 0 Å². The van der Waals surface area contributed by atoms with E-state index in [2.05, 4.69) is 0 Å². The maximum atomic E-state index is 11.3. The maximum absolute atomic E-state index is 11.3. The van der Waals surface area contributed by atoms with Crippen molar-refractivity contribution in [1.82, 2.24) is 0 Å². The van der Waals surface area contributed by atoms with Gasteiger partial charge in [0.2, 0.25) is 0 Å². The van der Waals surface area contributed by atoms with Crippen molar-refractivity contribution in [2.45, 2.75) is 45.1 Å². The van der Waals surface area contributed by atoms with Gasteiger partial charge in [0.1, 0.15) is 22.7 Å². The van der Waals surface area contributed by atoms with Gasteiger partial charge in [0.05, 0.1) is 6.10 Å². The number of carboxylic acids is 1. The summed E-state index contributed by atoms with van der Waals surface area (Å²) in [5, 5.41) is 9.88. The lowest BCUT2D eigenvalue weighted by Gasteiger charge is -2.22. The molecule has 1 aliphatic carbocycles. The molecule has 0 radical (unpaired) electrons. The number of hydrogen-bond acceptors (Lipinski definition) is 3. The number of hydrogen-bond donors (Lipinski definition) is 1. The lowest BCUT2D eigenvalue weighted by Crippen LogP contribution is -2.19. The van der Waals surface area contributed by atoms with Gasteiger partial charge < -0.3 is 14.3 Å². The second-order valence-electron chi connectivity index (χ2n) is 5.37. The van der Waals surface area contributed by atoms with E-state index in [-0.39, 0.29) is 11.7 Å². The Hall–Kier alpha value is -1.97. The molecule has 1 aromatic carbocycles. The average Bonchev–Trinajstić information content (AvgIpc) is 2.75. The first-order valence-corrected chi connectivity index (χ1v) is 7.08. The minimum absolute atomic E-state index is 0.231. The van der Waals surface area contributed by atoms with Gasteiger partial charge in [0, 0.05) is 5.39 Å². The number of furan rings is 1. The third-order valence-corrected chi connectivity index (χ3v) is 3.90. The highest BCUT2D eigenvalue weighted by molar-refractivity contribution is 6.03. The molecule has 4 heteroatoms. The summed E-state index contributed by atoms with van der Waals surface area (Å²) in [7, 11) is 0. The van der Waals surface area contributed by atoms with Crippen molar-refractivity contribution in [3.8, 4) is 5.75 Å². The van der Waals surface area contributed by atoms with Crippen molar-refractivity contribution < 1.29 is 19.1 Å². The zero-order chi connectivity index (χ0) is 14.1. The Balaban J connectivity index is 1.92. The van der Waals surface area contributed by atoms with Crippen LogP contribution in [0.25, 0.3) is 11.0 Å². The highest BCUT2D eigenvalue weighted by atomic mass is 16.5. The Labute approximate surface area is 117 Å². The molecule has 0 unspecified atom stereocenters. The zero-order valence-electron chi connectivity index (χ0n) is 11.5. The molecular formula is C16H18O4. The van der Waals surface area contributed by atoms with Crippen molar-refractivity contribution in [3.05, 3.63) is 29.5 Å². The fourth-order valence-corrected chi connectivity index (χ4v) is 2.91. The zero-order valence-corrected chi connectivity index (χ0v) is 11.5. The summed E-state index contributed by atoms with van der Waals surface area (Å²) in [6.45, 7) is 1.67. The predicted molar refractivity (Wildman–Crippen MR) is 75.4 cm³/mol. The van der Waals surface area contributed by atoms with Crippen molar-refractivity contribution >= 4 is 16.9 Å². The highest BCUT2D eigenvalue weighted by Gasteiger charge is 2.19. The normalized spacial score (nSPS) is 16.4. The molecule has 0 saturated heterocycles. The van der Waals surface area contributed by atoms with E-state index in [0.29, 0.717) is 16.7 Å². The van der Waals surface area contributed by atoms with Crippen molar-refractivity contribution in [3.63, 3.8) is 0 Å². The van der Waals surface area contributed by atoms with E-state index in [4.69, 9.17) is 9.15 Å². The first-order valence-electron chi connectivity index (χ1n) is 7.08.